The molecule has 0 fully saturated rings. The Balaban J connectivity index is 1.46. The number of amides is 2. The zero-order valence-corrected chi connectivity index (χ0v) is 22.1. The molecular weight excluding hydrogens is 537 g/mol. The van der Waals surface area contributed by atoms with E-state index in [1.807, 2.05) is 0 Å². The van der Waals surface area contributed by atoms with E-state index >= 15 is 0 Å². The van der Waals surface area contributed by atoms with Gasteiger partial charge in [0.15, 0.2) is 23.7 Å². The van der Waals surface area contributed by atoms with Crippen molar-refractivity contribution >= 4 is 35.3 Å². The molecule has 0 aromatic heterocycles. The molecule has 2 amide bonds. The van der Waals surface area contributed by atoms with Gasteiger partial charge >= 0.3 is 0 Å². The highest BCUT2D eigenvalue weighted by atomic mass is 35.5. The molecular formula is C30H25ClFN3O5. The first-order valence-electron chi connectivity index (χ1n) is 12.0. The van der Waals surface area contributed by atoms with E-state index < -0.39 is 23.2 Å². The quantitative estimate of drug-likeness (QED) is 0.189. The third-order valence-corrected chi connectivity index (χ3v) is 6.10. The maximum atomic E-state index is 13.2. The summed E-state index contributed by atoms with van der Waals surface area (Å²) >= 11 is 6.38. The van der Waals surface area contributed by atoms with Crippen LogP contribution in [0.2, 0.25) is 5.02 Å². The van der Waals surface area contributed by atoms with E-state index in [1.165, 1.54) is 43.7 Å². The van der Waals surface area contributed by atoms with E-state index in [9.17, 15) is 19.1 Å². The van der Waals surface area contributed by atoms with Crippen LogP contribution < -0.4 is 20.2 Å². The lowest BCUT2D eigenvalue weighted by Gasteiger charge is -2.27. The highest BCUT2D eigenvalue weighted by molar-refractivity contribution is 6.32. The summed E-state index contributed by atoms with van der Waals surface area (Å²) in [4.78, 5) is 25.4. The molecule has 0 heterocycles. The summed E-state index contributed by atoms with van der Waals surface area (Å²) in [6.45, 7) is -0.380. The average molecular weight is 562 g/mol. The lowest BCUT2D eigenvalue weighted by molar-refractivity contribution is -0.136. The fraction of sp³-hybridized carbons (Fsp3) is 0.100. The predicted molar refractivity (Wildman–Crippen MR) is 150 cm³/mol. The fourth-order valence-corrected chi connectivity index (χ4v) is 4.13. The van der Waals surface area contributed by atoms with Crippen molar-refractivity contribution in [2.75, 3.05) is 19.0 Å². The third kappa shape index (κ3) is 6.63. The number of methoxy groups -OCH3 is 1. The second-order valence-corrected chi connectivity index (χ2v) is 8.93. The largest absolute Gasteiger partial charge is 0.493 e. The van der Waals surface area contributed by atoms with Gasteiger partial charge < -0.3 is 19.9 Å². The van der Waals surface area contributed by atoms with E-state index in [0.717, 1.165) is 0 Å². The molecule has 0 radical (unpaired) electrons. The van der Waals surface area contributed by atoms with Gasteiger partial charge in [-0.05, 0) is 53.1 Å². The molecule has 0 bridgehead atoms. The Morgan fingerprint density at radius 2 is 1.57 bits per heavy atom. The van der Waals surface area contributed by atoms with Crippen molar-refractivity contribution in [2.45, 2.75) is 5.60 Å². The SMILES string of the molecule is COc1cc(/C=N\NC(=O)C(O)(c2ccccc2)c2ccccc2)cc(Cl)c1OCC(=O)Nc1ccc(F)cc1. The molecule has 0 aliphatic carbocycles. The van der Waals surface area contributed by atoms with Gasteiger partial charge in [-0.25, -0.2) is 9.82 Å². The van der Waals surface area contributed by atoms with Crippen LogP contribution in [0.4, 0.5) is 10.1 Å². The van der Waals surface area contributed by atoms with Crippen molar-refractivity contribution < 1.29 is 28.6 Å². The summed E-state index contributed by atoms with van der Waals surface area (Å²) in [5.41, 5.74) is 2.03. The molecule has 40 heavy (non-hydrogen) atoms. The lowest BCUT2D eigenvalue weighted by atomic mass is 9.85. The first-order valence-corrected chi connectivity index (χ1v) is 12.4. The summed E-state index contributed by atoms with van der Waals surface area (Å²) in [5, 5.41) is 18.2. The van der Waals surface area contributed by atoms with Crippen molar-refractivity contribution in [3.8, 4) is 11.5 Å². The standard InChI is InChI=1S/C30H25ClFN3O5/c1-39-26-17-20(16-25(31)28(26)40-19-27(36)34-24-14-12-23(32)13-15-24)18-33-35-29(37)30(38,21-8-4-2-5-9-21)22-10-6-3-7-11-22/h2-18,38H,19H2,1H3,(H,34,36)(H,35,37)/b33-18-. The molecule has 4 aromatic carbocycles. The molecule has 3 N–H and O–H groups in total. The second-order valence-electron chi connectivity index (χ2n) is 8.52. The monoisotopic (exact) mass is 561 g/mol. The molecule has 10 heteroatoms. The number of nitrogens with zero attached hydrogens (tertiary/aromatic N) is 1. The number of ether oxygens (including phenoxy) is 2. The number of anilines is 1. The first kappa shape index (κ1) is 28.3. The van der Waals surface area contributed by atoms with Gasteiger partial charge in [0.05, 0.1) is 18.3 Å². The average Bonchev–Trinajstić information content (AvgIpc) is 2.98. The Bertz CT molecular complexity index is 1460. The topological polar surface area (TPSA) is 109 Å². The Morgan fingerprint density at radius 3 is 2.15 bits per heavy atom. The van der Waals surface area contributed by atoms with Crippen LogP contribution in [-0.2, 0) is 15.2 Å². The molecule has 0 unspecified atom stereocenters. The minimum absolute atomic E-state index is 0.127. The van der Waals surface area contributed by atoms with E-state index in [2.05, 4.69) is 15.8 Å². The van der Waals surface area contributed by atoms with Crippen molar-refractivity contribution in [3.63, 3.8) is 0 Å². The summed E-state index contributed by atoms with van der Waals surface area (Å²) in [5.74, 6) is -1.31. The Kier molecular flexibility index (Phi) is 9.11. The molecule has 8 nitrogen and oxygen atoms in total. The maximum Gasteiger partial charge on any atom is 0.281 e. The molecule has 0 aliphatic heterocycles. The third-order valence-electron chi connectivity index (χ3n) is 5.82. The molecule has 0 saturated heterocycles. The Morgan fingerprint density at radius 1 is 0.975 bits per heavy atom. The number of carbonyl (C=O) groups is 2. The van der Waals surface area contributed by atoms with Crippen molar-refractivity contribution in [3.05, 3.63) is 125 Å². The van der Waals surface area contributed by atoms with Gasteiger partial charge in [-0.3, -0.25) is 9.59 Å². The number of rotatable bonds is 10. The van der Waals surface area contributed by atoms with Gasteiger partial charge in [-0.2, -0.15) is 5.10 Å². The Labute approximate surface area is 235 Å². The van der Waals surface area contributed by atoms with Crippen LogP contribution in [0.15, 0.2) is 102 Å². The smallest absolute Gasteiger partial charge is 0.281 e. The van der Waals surface area contributed by atoms with Gasteiger partial charge in [-0.15, -0.1) is 0 Å². The molecule has 0 saturated carbocycles. The summed E-state index contributed by atoms with van der Waals surface area (Å²) in [7, 11) is 1.40. The minimum atomic E-state index is -1.98. The summed E-state index contributed by atoms with van der Waals surface area (Å²) in [6, 6.07) is 25.4. The number of aliphatic hydroxyl groups is 1. The van der Waals surface area contributed by atoms with Crippen LogP contribution in [0.3, 0.4) is 0 Å². The van der Waals surface area contributed by atoms with E-state index in [0.29, 0.717) is 22.4 Å². The molecule has 4 aromatic rings. The van der Waals surface area contributed by atoms with Gasteiger partial charge in [0.2, 0.25) is 0 Å². The molecule has 4 rings (SSSR count). The van der Waals surface area contributed by atoms with Crippen molar-refractivity contribution in [2.24, 2.45) is 5.10 Å². The highest BCUT2D eigenvalue weighted by Crippen LogP contribution is 2.36. The molecule has 0 spiro atoms. The second kappa shape index (κ2) is 12.9. The van der Waals surface area contributed by atoms with Gasteiger partial charge in [0.25, 0.3) is 11.8 Å². The molecule has 0 atom stereocenters. The van der Waals surface area contributed by atoms with Crippen LogP contribution in [0.25, 0.3) is 0 Å². The zero-order valence-electron chi connectivity index (χ0n) is 21.3. The van der Waals surface area contributed by atoms with Crippen LogP contribution >= 0.6 is 11.6 Å². The first-order chi connectivity index (χ1) is 19.3. The van der Waals surface area contributed by atoms with Crippen molar-refractivity contribution in [1.82, 2.24) is 5.43 Å². The Hall–Kier alpha value is -4.73. The predicted octanol–water partition coefficient (Wildman–Crippen LogP) is 4.89. The van der Waals surface area contributed by atoms with Crippen LogP contribution in [0, 0.1) is 5.82 Å². The number of nitrogens with one attached hydrogen (secondary N) is 2. The molecule has 0 aliphatic rings. The van der Waals surface area contributed by atoms with Gasteiger partial charge in [-0.1, -0.05) is 72.3 Å². The number of hydrogen-bond acceptors (Lipinski definition) is 6. The number of carbonyl (C=O) groups excluding carboxylic acids is 2. The number of benzene rings is 4. The van der Waals surface area contributed by atoms with Crippen LogP contribution in [0.1, 0.15) is 16.7 Å². The van der Waals surface area contributed by atoms with Gasteiger partial charge in [0.1, 0.15) is 5.82 Å². The van der Waals surface area contributed by atoms with Gasteiger partial charge in [0, 0.05) is 5.69 Å². The zero-order chi connectivity index (χ0) is 28.5. The number of halogens is 2. The maximum absolute atomic E-state index is 13.2. The lowest BCUT2D eigenvalue weighted by Crippen LogP contribution is -2.43. The fourth-order valence-electron chi connectivity index (χ4n) is 3.86. The van der Waals surface area contributed by atoms with Crippen LogP contribution in [0.5, 0.6) is 11.5 Å². The number of hydrogen-bond donors (Lipinski definition) is 3. The van der Waals surface area contributed by atoms with E-state index in [-0.39, 0.29) is 23.1 Å². The number of hydrazone groups is 1. The molecule has 204 valence electrons. The highest BCUT2D eigenvalue weighted by Gasteiger charge is 2.39. The normalized spacial score (nSPS) is 11.2. The summed E-state index contributed by atoms with van der Waals surface area (Å²) in [6.07, 6.45) is 1.33. The van der Waals surface area contributed by atoms with Crippen LogP contribution in [-0.4, -0.2) is 36.9 Å². The minimum Gasteiger partial charge on any atom is -0.493 e. The summed E-state index contributed by atoms with van der Waals surface area (Å²) < 4.78 is 24.0. The van der Waals surface area contributed by atoms with Crippen molar-refractivity contribution in [1.29, 1.82) is 0 Å². The van der Waals surface area contributed by atoms with E-state index in [1.54, 1.807) is 66.7 Å². The van der Waals surface area contributed by atoms with E-state index in [4.69, 9.17) is 21.1 Å².